The van der Waals surface area contributed by atoms with Gasteiger partial charge >= 0.3 is 12.1 Å². The summed E-state index contributed by atoms with van der Waals surface area (Å²) in [5.41, 5.74) is 0.258. The van der Waals surface area contributed by atoms with Crippen molar-refractivity contribution in [3.8, 4) is 0 Å². The summed E-state index contributed by atoms with van der Waals surface area (Å²) >= 11 is 5.77. The van der Waals surface area contributed by atoms with Gasteiger partial charge in [0.2, 0.25) is 0 Å². The minimum absolute atomic E-state index is 0.00632. The second-order valence-corrected chi connectivity index (χ2v) is 7.53. The highest BCUT2D eigenvalue weighted by molar-refractivity contribution is 6.30. The Morgan fingerprint density at radius 3 is 2.55 bits per heavy atom. The van der Waals surface area contributed by atoms with Crippen molar-refractivity contribution in [3.05, 3.63) is 69.6 Å². The molecule has 1 aliphatic carbocycles. The summed E-state index contributed by atoms with van der Waals surface area (Å²) in [5, 5.41) is 0.588. The first-order chi connectivity index (χ1) is 13.7. The summed E-state index contributed by atoms with van der Waals surface area (Å²) in [4.78, 5) is 11.8. The second-order valence-electron chi connectivity index (χ2n) is 7.10. The number of esters is 1. The van der Waals surface area contributed by atoms with E-state index in [-0.39, 0.29) is 28.6 Å². The molecule has 1 saturated carbocycles. The maximum atomic E-state index is 14.4. The number of rotatable bonds is 4. The monoisotopic (exact) mass is 425 g/mol. The fraction of sp³-hybridized carbons (Fsp3) is 0.286. The molecule has 152 valence electrons. The fourth-order valence-electron chi connectivity index (χ4n) is 3.64. The van der Waals surface area contributed by atoms with Gasteiger partial charge in [-0.1, -0.05) is 17.7 Å². The van der Waals surface area contributed by atoms with Crippen molar-refractivity contribution in [3.63, 3.8) is 0 Å². The van der Waals surface area contributed by atoms with Gasteiger partial charge in [-0.2, -0.15) is 13.2 Å². The summed E-state index contributed by atoms with van der Waals surface area (Å²) < 4.78 is 61.3. The van der Waals surface area contributed by atoms with Crippen LogP contribution in [-0.4, -0.2) is 17.6 Å². The first kappa shape index (κ1) is 19.8. The minimum Gasteiger partial charge on any atom is -0.465 e. The number of carbonyl (C=O) groups is 1. The van der Waals surface area contributed by atoms with E-state index >= 15 is 0 Å². The molecule has 3 aromatic rings. The topological polar surface area (TPSA) is 31.2 Å². The molecule has 4 rings (SSSR count). The van der Waals surface area contributed by atoms with E-state index in [2.05, 4.69) is 4.74 Å². The SMILES string of the molecule is COC(=O)c1cc2cc(Cc3ccc(Cl)cc3C(F)(F)F)n(C3CC3)c2cc1F. The molecule has 1 aliphatic rings. The number of carbonyl (C=O) groups excluding carboxylic acids is 1. The predicted molar refractivity (Wildman–Crippen MR) is 101 cm³/mol. The molecule has 0 N–H and O–H groups in total. The third-order valence-corrected chi connectivity index (χ3v) is 5.31. The van der Waals surface area contributed by atoms with Crippen molar-refractivity contribution in [1.82, 2.24) is 4.57 Å². The van der Waals surface area contributed by atoms with Gasteiger partial charge in [0, 0.05) is 28.6 Å². The minimum atomic E-state index is -4.54. The molecular formula is C21H16ClF4NO2. The normalized spacial score (nSPS) is 14.4. The Morgan fingerprint density at radius 2 is 1.93 bits per heavy atom. The molecule has 0 bridgehead atoms. The van der Waals surface area contributed by atoms with Gasteiger partial charge in [0.05, 0.1) is 23.8 Å². The number of nitrogens with zero attached hydrogens (tertiary/aromatic N) is 1. The van der Waals surface area contributed by atoms with Gasteiger partial charge in [0.1, 0.15) is 5.82 Å². The second kappa shape index (κ2) is 7.06. The van der Waals surface area contributed by atoms with Crippen molar-refractivity contribution < 1.29 is 27.1 Å². The lowest BCUT2D eigenvalue weighted by molar-refractivity contribution is -0.138. The van der Waals surface area contributed by atoms with Gasteiger partial charge < -0.3 is 9.30 Å². The Kier molecular flexibility index (Phi) is 4.81. The van der Waals surface area contributed by atoms with Crippen LogP contribution in [0.4, 0.5) is 17.6 Å². The molecule has 0 amide bonds. The van der Waals surface area contributed by atoms with Crippen LogP contribution >= 0.6 is 11.6 Å². The van der Waals surface area contributed by atoms with Crippen molar-refractivity contribution in [1.29, 1.82) is 0 Å². The molecule has 0 atom stereocenters. The van der Waals surface area contributed by atoms with Gasteiger partial charge in [-0.25, -0.2) is 9.18 Å². The maximum Gasteiger partial charge on any atom is 0.416 e. The molecular weight excluding hydrogens is 410 g/mol. The maximum absolute atomic E-state index is 14.4. The number of halogens is 5. The van der Waals surface area contributed by atoms with Crippen LogP contribution in [0.1, 0.15) is 46.1 Å². The molecule has 29 heavy (non-hydrogen) atoms. The van der Waals surface area contributed by atoms with Crippen LogP contribution in [0.5, 0.6) is 0 Å². The van der Waals surface area contributed by atoms with Crippen LogP contribution in [0.2, 0.25) is 5.02 Å². The van der Waals surface area contributed by atoms with Crippen LogP contribution in [0.15, 0.2) is 36.4 Å². The standard InChI is InChI=1S/C21H16ClF4NO2/c1-29-20(28)16-8-12-7-15(27(14-4-5-14)19(12)10-18(16)23)6-11-2-3-13(22)9-17(11)21(24,25)26/h2-3,7-10,14H,4-6H2,1H3. The molecule has 0 aliphatic heterocycles. The third-order valence-electron chi connectivity index (χ3n) is 5.07. The number of methoxy groups -OCH3 is 1. The lowest BCUT2D eigenvalue weighted by Crippen LogP contribution is -2.11. The molecule has 1 heterocycles. The van der Waals surface area contributed by atoms with Gasteiger partial charge in [0.15, 0.2) is 0 Å². The van der Waals surface area contributed by atoms with Gasteiger partial charge in [0.25, 0.3) is 0 Å². The van der Waals surface area contributed by atoms with E-state index < -0.39 is 23.5 Å². The van der Waals surface area contributed by atoms with E-state index in [4.69, 9.17) is 11.6 Å². The number of fused-ring (bicyclic) bond motifs is 1. The van der Waals surface area contributed by atoms with Gasteiger partial charge in [-0.3, -0.25) is 0 Å². The Hall–Kier alpha value is -2.54. The van der Waals surface area contributed by atoms with Gasteiger partial charge in [-0.05, 0) is 48.7 Å². The molecule has 8 heteroatoms. The van der Waals surface area contributed by atoms with E-state index in [1.165, 1.54) is 24.3 Å². The van der Waals surface area contributed by atoms with E-state index in [0.29, 0.717) is 16.6 Å². The molecule has 2 aromatic carbocycles. The lowest BCUT2D eigenvalue weighted by Gasteiger charge is -2.15. The summed E-state index contributed by atoms with van der Waals surface area (Å²) in [6, 6.07) is 8.13. The zero-order valence-corrected chi connectivity index (χ0v) is 16.1. The van der Waals surface area contributed by atoms with Crippen LogP contribution < -0.4 is 0 Å². The quantitative estimate of drug-likeness (QED) is 0.370. The number of hydrogen-bond acceptors (Lipinski definition) is 2. The van der Waals surface area contributed by atoms with E-state index in [1.807, 2.05) is 4.57 Å². The highest BCUT2D eigenvalue weighted by Gasteiger charge is 2.34. The molecule has 0 spiro atoms. The lowest BCUT2D eigenvalue weighted by atomic mass is 10.0. The van der Waals surface area contributed by atoms with Crippen molar-refractivity contribution in [2.24, 2.45) is 0 Å². The summed E-state index contributed by atoms with van der Waals surface area (Å²) in [5.74, 6) is -1.53. The van der Waals surface area contributed by atoms with E-state index in [1.54, 1.807) is 6.07 Å². The molecule has 0 unspecified atom stereocenters. The zero-order chi connectivity index (χ0) is 20.9. The molecule has 0 saturated heterocycles. The van der Waals surface area contributed by atoms with Crippen molar-refractivity contribution >= 4 is 28.5 Å². The number of aromatic nitrogens is 1. The van der Waals surface area contributed by atoms with Crippen LogP contribution in [0, 0.1) is 5.82 Å². The van der Waals surface area contributed by atoms with Crippen molar-refractivity contribution in [2.45, 2.75) is 31.5 Å². The summed E-state index contributed by atoms with van der Waals surface area (Å²) in [6.45, 7) is 0. The summed E-state index contributed by atoms with van der Waals surface area (Å²) in [6.07, 6.45) is -2.80. The first-order valence-electron chi connectivity index (χ1n) is 8.96. The Morgan fingerprint density at radius 1 is 1.21 bits per heavy atom. The fourth-order valence-corrected chi connectivity index (χ4v) is 3.81. The van der Waals surface area contributed by atoms with Crippen LogP contribution in [-0.2, 0) is 17.3 Å². The average Bonchev–Trinajstić information content (AvgIpc) is 3.43. The number of alkyl halides is 3. The van der Waals surface area contributed by atoms with Crippen LogP contribution in [0.25, 0.3) is 10.9 Å². The predicted octanol–water partition coefficient (Wildman–Crippen LogP) is 6.16. The summed E-state index contributed by atoms with van der Waals surface area (Å²) in [7, 11) is 1.16. The Bertz CT molecular complexity index is 1120. The molecule has 0 radical (unpaired) electrons. The highest BCUT2D eigenvalue weighted by Crippen LogP contribution is 2.42. The number of hydrogen-bond donors (Lipinski definition) is 0. The smallest absolute Gasteiger partial charge is 0.416 e. The first-order valence-corrected chi connectivity index (χ1v) is 9.34. The Labute approximate surface area is 168 Å². The third kappa shape index (κ3) is 3.71. The number of ether oxygens (including phenoxy) is 1. The zero-order valence-electron chi connectivity index (χ0n) is 15.3. The highest BCUT2D eigenvalue weighted by atomic mass is 35.5. The molecule has 1 fully saturated rings. The van der Waals surface area contributed by atoms with E-state index in [0.717, 1.165) is 26.0 Å². The average molecular weight is 426 g/mol. The largest absolute Gasteiger partial charge is 0.465 e. The number of benzene rings is 2. The van der Waals surface area contributed by atoms with E-state index in [9.17, 15) is 22.4 Å². The molecule has 3 nitrogen and oxygen atoms in total. The van der Waals surface area contributed by atoms with Crippen molar-refractivity contribution in [2.75, 3.05) is 7.11 Å². The van der Waals surface area contributed by atoms with Crippen LogP contribution in [0.3, 0.4) is 0 Å². The van der Waals surface area contributed by atoms with Gasteiger partial charge in [-0.15, -0.1) is 0 Å². The molecule has 1 aromatic heterocycles. The Balaban J connectivity index is 1.85.